The molecule has 3 heterocycles. The fraction of sp³-hybridized carbons (Fsp3) is 0.846. The van der Waals surface area contributed by atoms with E-state index in [0.717, 1.165) is 25.3 Å². The van der Waals surface area contributed by atoms with Crippen LogP contribution in [0.2, 0.25) is 0 Å². The standard InChI is InChI=1S/C13H22N6O2/c1-13(2,3)21-12(20)19-5-4-18-7-9(6-10(18)8-19)11-14-16-17-15-11/h9-10H,4-8H2,1-3H3,(H,14,15,16,17)/t9-,10+/m0/s1. The summed E-state index contributed by atoms with van der Waals surface area (Å²) in [5, 5.41) is 14.3. The number of amides is 1. The van der Waals surface area contributed by atoms with Crippen LogP contribution in [0.1, 0.15) is 38.9 Å². The second kappa shape index (κ2) is 5.25. The van der Waals surface area contributed by atoms with Crippen molar-refractivity contribution in [1.82, 2.24) is 30.4 Å². The van der Waals surface area contributed by atoms with Crippen molar-refractivity contribution in [3.05, 3.63) is 5.82 Å². The topological polar surface area (TPSA) is 87.2 Å². The molecule has 3 rings (SSSR count). The van der Waals surface area contributed by atoms with Gasteiger partial charge < -0.3 is 9.64 Å². The number of nitrogens with zero attached hydrogens (tertiary/aromatic N) is 5. The van der Waals surface area contributed by atoms with Crippen molar-refractivity contribution in [2.45, 2.75) is 44.8 Å². The van der Waals surface area contributed by atoms with Crippen molar-refractivity contribution >= 4 is 6.09 Å². The minimum Gasteiger partial charge on any atom is -0.444 e. The lowest BCUT2D eigenvalue weighted by Crippen LogP contribution is -2.53. The predicted octanol–water partition coefficient (Wildman–Crippen LogP) is 0.608. The second-order valence-corrected chi connectivity index (χ2v) is 6.78. The fourth-order valence-electron chi connectivity index (χ4n) is 3.06. The highest BCUT2D eigenvalue weighted by Gasteiger charge is 2.40. The van der Waals surface area contributed by atoms with Crippen molar-refractivity contribution in [2.75, 3.05) is 26.2 Å². The molecule has 2 aliphatic rings. The normalized spacial score (nSPS) is 26.7. The number of rotatable bonds is 1. The van der Waals surface area contributed by atoms with Gasteiger partial charge in [0.1, 0.15) is 5.60 Å². The van der Waals surface area contributed by atoms with E-state index in [1.807, 2.05) is 25.7 Å². The molecule has 1 amide bonds. The smallest absolute Gasteiger partial charge is 0.410 e. The van der Waals surface area contributed by atoms with Crippen LogP contribution in [0.5, 0.6) is 0 Å². The van der Waals surface area contributed by atoms with Crippen molar-refractivity contribution < 1.29 is 9.53 Å². The number of hydrogen-bond acceptors (Lipinski definition) is 6. The van der Waals surface area contributed by atoms with E-state index >= 15 is 0 Å². The van der Waals surface area contributed by atoms with Gasteiger partial charge in [0.05, 0.1) is 0 Å². The number of tetrazole rings is 1. The van der Waals surface area contributed by atoms with Gasteiger partial charge in [0.15, 0.2) is 5.82 Å². The molecule has 0 bridgehead atoms. The van der Waals surface area contributed by atoms with Crippen molar-refractivity contribution in [1.29, 1.82) is 0 Å². The first-order valence-electron chi connectivity index (χ1n) is 7.38. The van der Waals surface area contributed by atoms with Crippen LogP contribution in [0, 0.1) is 0 Å². The van der Waals surface area contributed by atoms with E-state index in [2.05, 4.69) is 25.5 Å². The molecule has 2 saturated heterocycles. The highest BCUT2D eigenvalue weighted by atomic mass is 16.6. The lowest BCUT2D eigenvalue weighted by Gasteiger charge is -2.37. The third-order valence-electron chi connectivity index (χ3n) is 3.99. The summed E-state index contributed by atoms with van der Waals surface area (Å²) in [5.74, 6) is 1.07. The maximum Gasteiger partial charge on any atom is 0.410 e. The van der Waals surface area contributed by atoms with E-state index in [9.17, 15) is 4.79 Å². The van der Waals surface area contributed by atoms with Crippen LogP contribution in [0.25, 0.3) is 0 Å². The molecule has 8 nitrogen and oxygen atoms in total. The van der Waals surface area contributed by atoms with Crippen LogP contribution in [0.3, 0.4) is 0 Å². The molecule has 0 spiro atoms. The Morgan fingerprint density at radius 3 is 2.81 bits per heavy atom. The van der Waals surface area contributed by atoms with Gasteiger partial charge in [0.2, 0.25) is 0 Å². The quantitative estimate of drug-likeness (QED) is 0.816. The van der Waals surface area contributed by atoms with Gasteiger partial charge in [-0.05, 0) is 27.2 Å². The van der Waals surface area contributed by atoms with Crippen LogP contribution in [-0.4, -0.2) is 74.3 Å². The summed E-state index contributed by atoms with van der Waals surface area (Å²) in [5.41, 5.74) is -0.447. The third-order valence-corrected chi connectivity index (χ3v) is 3.99. The van der Waals surface area contributed by atoms with Crippen LogP contribution in [-0.2, 0) is 4.74 Å². The first-order valence-corrected chi connectivity index (χ1v) is 7.38. The fourth-order valence-corrected chi connectivity index (χ4v) is 3.06. The minimum atomic E-state index is -0.447. The van der Waals surface area contributed by atoms with Crippen LogP contribution >= 0.6 is 0 Å². The highest BCUT2D eigenvalue weighted by molar-refractivity contribution is 5.68. The molecular weight excluding hydrogens is 272 g/mol. The first kappa shape index (κ1) is 14.2. The maximum absolute atomic E-state index is 12.2. The number of piperazine rings is 1. The van der Waals surface area contributed by atoms with Gasteiger partial charge in [-0.1, -0.05) is 5.21 Å². The van der Waals surface area contributed by atoms with E-state index in [-0.39, 0.29) is 6.09 Å². The van der Waals surface area contributed by atoms with E-state index < -0.39 is 5.60 Å². The zero-order chi connectivity index (χ0) is 15.0. The molecule has 2 fully saturated rings. The largest absolute Gasteiger partial charge is 0.444 e. The molecule has 0 radical (unpaired) electrons. The minimum absolute atomic E-state index is 0.217. The number of fused-ring (bicyclic) bond motifs is 1. The number of aromatic amines is 1. The Balaban J connectivity index is 1.60. The van der Waals surface area contributed by atoms with Gasteiger partial charge in [0, 0.05) is 38.1 Å². The molecule has 0 unspecified atom stereocenters. The molecule has 2 aliphatic heterocycles. The molecule has 8 heteroatoms. The average molecular weight is 294 g/mol. The Bertz CT molecular complexity index is 497. The lowest BCUT2D eigenvalue weighted by atomic mass is 10.0. The van der Waals surface area contributed by atoms with Gasteiger partial charge in [0.25, 0.3) is 0 Å². The van der Waals surface area contributed by atoms with Gasteiger partial charge in [-0.25, -0.2) is 4.79 Å². The molecule has 1 N–H and O–H groups in total. The van der Waals surface area contributed by atoms with Crippen LogP contribution in [0.4, 0.5) is 4.79 Å². The summed E-state index contributed by atoms with van der Waals surface area (Å²) < 4.78 is 5.45. The van der Waals surface area contributed by atoms with Crippen LogP contribution < -0.4 is 0 Å². The Morgan fingerprint density at radius 2 is 2.14 bits per heavy atom. The van der Waals surface area contributed by atoms with Crippen molar-refractivity contribution in [3.8, 4) is 0 Å². The van der Waals surface area contributed by atoms with E-state index in [0.29, 0.717) is 25.0 Å². The first-order chi connectivity index (χ1) is 9.92. The van der Waals surface area contributed by atoms with E-state index in [4.69, 9.17) is 4.74 Å². The zero-order valence-corrected chi connectivity index (χ0v) is 12.7. The number of H-pyrrole nitrogens is 1. The van der Waals surface area contributed by atoms with Gasteiger partial charge >= 0.3 is 6.09 Å². The lowest BCUT2D eigenvalue weighted by molar-refractivity contribution is 0.00925. The predicted molar refractivity (Wildman–Crippen MR) is 74.7 cm³/mol. The van der Waals surface area contributed by atoms with Gasteiger partial charge in [-0.2, -0.15) is 5.21 Å². The highest BCUT2D eigenvalue weighted by Crippen LogP contribution is 2.31. The summed E-state index contributed by atoms with van der Waals surface area (Å²) in [4.78, 5) is 16.4. The molecule has 0 saturated carbocycles. The Labute approximate surface area is 123 Å². The number of ether oxygens (including phenoxy) is 1. The molecular formula is C13H22N6O2. The summed E-state index contributed by atoms with van der Waals surface area (Å²) in [6, 6.07) is 0.356. The van der Waals surface area contributed by atoms with E-state index in [1.165, 1.54) is 0 Å². The summed E-state index contributed by atoms with van der Waals surface area (Å²) in [6.07, 6.45) is 0.740. The Morgan fingerprint density at radius 1 is 1.33 bits per heavy atom. The molecule has 0 aliphatic carbocycles. The van der Waals surface area contributed by atoms with Crippen molar-refractivity contribution in [3.63, 3.8) is 0 Å². The van der Waals surface area contributed by atoms with Gasteiger partial charge in [-0.15, -0.1) is 10.2 Å². The number of nitrogens with one attached hydrogen (secondary N) is 1. The molecule has 1 aromatic heterocycles. The zero-order valence-electron chi connectivity index (χ0n) is 12.7. The summed E-state index contributed by atoms with van der Waals surface area (Å²) in [7, 11) is 0. The molecule has 21 heavy (non-hydrogen) atoms. The molecule has 1 aromatic rings. The maximum atomic E-state index is 12.2. The molecule has 2 atom stereocenters. The number of carbonyl (C=O) groups excluding carboxylic acids is 1. The SMILES string of the molecule is CC(C)(C)OC(=O)N1CCN2C[C@@H](c3nn[nH]n3)C[C@@H]2C1. The summed E-state index contributed by atoms with van der Waals surface area (Å²) in [6.45, 7) is 8.91. The van der Waals surface area contributed by atoms with Crippen LogP contribution in [0.15, 0.2) is 0 Å². The third kappa shape index (κ3) is 3.15. The van der Waals surface area contributed by atoms with E-state index in [1.54, 1.807) is 0 Å². The monoisotopic (exact) mass is 294 g/mol. The Kier molecular flexibility index (Phi) is 3.56. The van der Waals surface area contributed by atoms with Gasteiger partial charge in [-0.3, -0.25) is 4.90 Å². The summed E-state index contributed by atoms with van der Waals surface area (Å²) >= 11 is 0. The molecule has 116 valence electrons. The second-order valence-electron chi connectivity index (χ2n) is 6.78. The number of carbonyl (C=O) groups is 1. The molecule has 0 aromatic carbocycles. The Hall–Kier alpha value is -1.70. The average Bonchev–Trinajstić information content (AvgIpc) is 3.04. The number of hydrogen-bond donors (Lipinski definition) is 1. The van der Waals surface area contributed by atoms with Crippen molar-refractivity contribution in [2.24, 2.45) is 0 Å². The number of aromatic nitrogens is 4.